The molecule has 1 aromatic heterocycles. The lowest BCUT2D eigenvalue weighted by Gasteiger charge is -2.39. The zero-order valence-corrected chi connectivity index (χ0v) is 23.1. The number of aryl methyl sites for hydroxylation is 2. The van der Waals surface area contributed by atoms with Crippen molar-refractivity contribution < 1.29 is 18.0 Å². The lowest BCUT2D eigenvalue weighted by molar-refractivity contribution is -0.145. The van der Waals surface area contributed by atoms with Gasteiger partial charge in [0.1, 0.15) is 6.54 Å². The molecule has 9 heteroatoms. The van der Waals surface area contributed by atoms with Gasteiger partial charge < -0.3 is 10.2 Å². The molecule has 0 unspecified atom stereocenters. The average Bonchev–Trinajstić information content (AvgIpc) is 2.93. The molecule has 3 aromatic rings. The van der Waals surface area contributed by atoms with E-state index in [1.54, 1.807) is 17.0 Å². The van der Waals surface area contributed by atoms with E-state index in [1.165, 1.54) is 0 Å². The number of carbonyl (C=O) groups is 2. The van der Waals surface area contributed by atoms with Crippen LogP contribution in [0.15, 0.2) is 71.6 Å². The number of hydrogen-bond donors (Lipinski definition) is 2. The molecule has 1 aliphatic heterocycles. The Kier molecular flexibility index (Phi) is 7.81. The third kappa shape index (κ3) is 6.20. The number of sulfonamides is 1. The van der Waals surface area contributed by atoms with Crippen molar-refractivity contribution in [2.24, 2.45) is 5.92 Å². The summed E-state index contributed by atoms with van der Waals surface area (Å²) in [7, 11) is -3.70. The van der Waals surface area contributed by atoms with Crippen LogP contribution in [0.2, 0.25) is 0 Å². The van der Waals surface area contributed by atoms with Crippen LogP contribution in [-0.4, -0.2) is 49.2 Å². The minimum Gasteiger partial charge on any atom is -0.352 e. The molecule has 5 rings (SSSR count). The first-order valence-electron chi connectivity index (χ1n) is 13.4. The number of rotatable bonds is 6. The molecule has 2 amide bonds. The summed E-state index contributed by atoms with van der Waals surface area (Å²) in [5, 5.41) is 2.87. The fourth-order valence-electron chi connectivity index (χ4n) is 5.65. The Bertz CT molecular complexity index is 1430. The van der Waals surface area contributed by atoms with E-state index in [1.807, 2.05) is 68.4 Å². The first-order chi connectivity index (χ1) is 18.7. The van der Waals surface area contributed by atoms with Gasteiger partial charge in [0.2, 0.25) is 21.8 Å². The maximum absolute atomic E-state index is 13.5. The van der Waals surface area contributed by atoms with Crippen molar-refractivity contribution >= 4 is 21.8 Å². The van der Waals surface area contributed by atoms with Gasteiger partial charge in [-0.25, -0.2) is 13.1 Å². The summed E-state index contributed by atoms with van der Waals surface area (Å²) < 4.78 is 29.1. The van der Waals surface area contributed by atoms with E-state index in [9.17, 15) is 18.0 Å². The minimum absolute atomic E-state index is 0.0304. The van der Waals surface area contributed by atoms with Crippen molar-refractivity contribution in [3.63, 3.8) is 0 Å². The van der Waals surface area contributed by atoms with E-state index in [-0.39, 0.29) is 41.3 Å². The summed E-state index contributed by atoms with van der Waals surface area (Å²) in [5.41, 5.74) is 4.75. The lowest BCUT2D eigenvalue weighted by atomic mass is 9.85. The third-order valence-electron chi connectivity index (χ3n) is 7.63. The Hall–Kier alpha value is -3.56. The summed E-state index contributed by atoms with van der Waals surface area (Å²) in [6.07, 6.45) is 2.29. The number of benzene rings is 2. The van der Waals surface area contributed by atoms with Crippen molar-refractivity contribution in [1.82, 2.24) is 19.9 Å². The number of pyridine rings is 1. The number of aromatic nitrogens is 1. The van der Waals surface area contributed by atoms with E-state index < -0.39 is 10.0 Å². The lowest BCUT2D eigenvalue weighted by Crippen LogP contribution is -2.54. The monoisotopic (exact) mass is 546 g/mol. The van der Waals surface area contributed by atoms with Crippen molar-refractivity contribution in [2.75, 3.05) is 13.1 Å². The third-order valence-corrected chi connectivity index (χ3v) is 9.16. The molecule has 1 saturated carbocycles. The highest BCUT2D eigenvalue weighted by molar-refractivity contribution is 7.89. The van der Waals surface area contributed by atoms with Gasteiger partial charge in [-0.05, 0) is 80.5 Å². The van der Waals surface area contributed by atoms with Gasteiger partial charge in [-0.1, -0.05) is 42.5 Å². The molecule has 2 aliphatic rings. The zero-order valence-electron chi connectivity index (χ0n) is 22.3. The minimum atomic E-state index is -3.70. The number of nitrogens with zero attached hydrogens (tertiary/aromatic N) is 2. The van der Waals surface area contributed by atoms with Crippen LogP contribution >= 0.6 is 0 Å². The highest BCUT2D eigenvalue weighted by Gasteiger charge is 2.37. The zero-order chi connectivity index (χ0) is 27.6. The Morgan fingerprint density at radius 3 is 2.21 bits per heavy atom. The molecule has 1 atom stereocenters. The molecular weight excluding hydrogens is 512 g/mol. The van der Waals surface area contributed by atoms with Gasteiger partial charge in [0, 0.05) is 29.9 Å². The molecule has 0 spiro atoms. The van der Waals surface area contributed by atoms with Crippen LogP contribution in [0.5, 0.6) is 0 Å². The fourth-order valence-corrected chi connectivity index (χ4v) is 6.96. The number of nitrogens with one attached hydrogen (secondary N) is 2. The number of hydrogen-bond acceptors (Lipinski definition) is 5. The van der Waals surface area contributed by atoms with Gasteiger partial charge in [0.15, 0.2) is 0 Å². The Morgan fingerprint density at radius 2 is 1.56 bits per heavy atom. The van der Waals surface area contributed by atoms with Crippen molar-refractivity contribution in [1.29, 1.82) is 0 Å². The smallest absolute Gasteiger partial charge is 0.240 e. The Morgan fingerprint density at radius 1 is 0.923 bits per heavy atom. The largest absolute Gasteiger partial charge is 0.352 e. The van der Waals surface area contributed by atoms with E-state index in [0.717, 1.165) is 28.1 Å². The molecule has 1 aliphatic carbocycles. The predicted molar refractivity (Wildman–Crippen MR) is 149 cm³/mol. The van der Waals surface area contributed by atoms with Gasteiger partial charge in [0.05, 0.1) is 10.9 Å². The molecule has 0 bridgehead atoms. The van der Waals surface area contributed by atoms with Gasteiger partial charge in [-0.2, -0.15) is 0 Å². The molecule has 2 N–H and O–H groups in total. The second kappa shape index (κ2) is 11.3. The SMILES string of the molecule is Cc1cc(-c2ccc(S(=O)(=O)N[C@H]3CC[C@H](C(=O)N4CC(=O)NC[C@@H]4c4ccccc4)CC3)cc2)cc(C)n1. The van der Waals surface area contributed by atoms with E-state index in [4.69, 9.17) is 0 Å². The number of piperazine rings is 1. The van der Waals surface area contributed by atoms with Crippen LogP contribution in [0.25, 0.3) is 11.1 Å². The standard InChI is InChI=1S/C30H34N4O4S/c1-20-16-25(17-21(2)32-20)22-10-14-27(15-11-22)39(37,38)33-26-12-8-24(9-13-26)30(36)34-19-29(35)31-18-28(34)23-6-4-3-5-7-23/h3-7,10-11,14-17,24,26,28,33H,8-9,12-13,18-19H2,1-2H3,(H,31,35)/t24-,26-,28-/m1/s1. The molecule has 1 saturated heterocycles. The molecule has 2 fully saturated rings. The van der Waals surface area contributed by atoms with E-state index in [0.29, 0.717) is 32.2 Å². The van der Waals surface area contributed by atoms with Crippen LogP contribution in [0, 0.1) is 19.8 Å². The highest BCUT2D eigenvalue weighted by atomic mass is 32.2. The summed E-state index contributed by atoms with van der Waals surface area (Å²) in [5.74, 6) is -0.413. The van der Waals surface area contributed by atoms with Crippen LogP contribution < -0.4 is 10.0 Å². The van der Waals surface area contributed by atoms with Gasteiger partial charge in [0.25, 0.3) is 0 Å². The molecular formula is C30H34N4O4S. The quantitative estimate of drug-likeness (QED) is 0.488. The molecule has 0 radical (unpaired) electrons. The van der Waals surface area contributed by atoms with Crippen LogP contribution in [-0.2, 0) is 19.6 Å². The Labute approximate surface area is 229 Å². The van der Waals surface area contributed by atoms with Gasteiger partial charge >= 0.3 is 0 Å². The summed E-state index contributed by atoms with van der Waals surface area (Å²) >= 11 is 0. The summed E-state index contributed by atoms with van der Waals surface area (Å²) in [6.45, 7) is 4.31. The van der Waals surface area contributed by atoms with E-state index in [2.05, 4.69) is 15.0 Å². The Balaban J connectivity index is 1.21. The average molecular weight is 547 g/mol. The maximum atomic E-state index is 13.5. The second-order valence-electron chi connectivity index (χ2n) is 10.5. The van der Waals surface area contributed by atoms with Crippen LogP contribution in [0.1, 0.15) is 48.7 Å². The normalized spacial score (nSPS) is 21.8. The fraction of sp³-hybridized carbons (Fsp3) is 0.367. The summed E-state index contributed by atoms with van der Waals surface area (Å²) in [4.78, 5) is 31.9. The first-order valence-corrected chi connectivity index (χ1v) is 14.9. The molecule has 8 nitrogen and oxygen atoms in total. The molecule has 204 valence electrons. The summed E-state index contributed by atoms with van der Waals surface area (Å²) in [6, 6.07) is 20.1. The van der Waals surface area contributed by atoms with Crippen molar-refractivity contribution in [3.05, 3.63) is 83.7 Å². The van der Waals surface area contributed by atoms with Crippen LogP contribution in [0.4, 0.5) is 0 Å². The second-order valence-corrected chi connectivity index (χ2v) is 12.2. The highest BCUT2D eigenvalue weighted by Crippen LogP contribution is 2.31. The van der Waals surface area contributed by atoms with Gasteiger partial charge in [-0.15, -0.1) is 0 Å². The first kappa shape index (κ1) is 27.0. The molecule has 2 aromatic carbocycles. The number of amides is 2. The molecule has 39 heavy (non-hydrogen) atoms. The maximum Gasteiger partial charge on any atom is 0.240 e. The number of carbonyl (C=O) groups excluding carboxylic acids is 2. The van der Waals surface area contributed by atoms with Crippen LogP contribution in [0.3, 0.4) is 0 Å². The van der Waals surface area contributed by atoms with E-state index >= 15 is 0 Å². The molecule has 2 heterocycles. The van der Waals surface area contributed by atoms with Gasteiger partial charge in [-0.3, -0.25) is 14.6 Å². The van der Waals surface area contributed by atoms with Crippen molar-refractivity contribution in [3.8, 4) is 11.1 Å². The van der Waals surface area contributed by atoms with Crippen molar-refractivity contribution in [2.45, 2.75) is 56.5 Å². The predicted octanol–water partition coefficient (Wildman–Crippen LogP) is 3.90. The topological polar surface area (TPSA) is 108 Å².